The molecule has 1 aromatic heterocycles. The lowest BCUT2D eigenvalue weighted by molar-refractivity contribution is 0.0776. The van der Waals surface area contributed by atoms with Crippen LogP contribution in [0.3, 0.4) is 0 Å². The Hall–Kier alpha value is -2.44. The molecule has 0 radical (unpaired) electrons. The summed E-state index contributed by atoms with van der Waals surface area (Å²) in [5, 5.41) is 0. The van der Waals surface area contributed by atoms with Gasteiger partial charge in [-0.15, -0.1) is 0 Å². The van der Waals surface area contributed by atoms with Crippen LogP contribution < -0.4 is 4.74 Å². The fraction of sp³-hybridized carbons (Fsp3) is 0.231. The van der Waals surface area contributed by atoms with Gasteiger partial charge in [0.05, 0.1) is 19.2 Å². The van der Waals surface area contributed by atoms with E-state index in [1.807, 2.05) is 0 Å². The molecule has 0 spiro atoms. The summed E-state index contributed by atoms with van der Waals surface area (Å²) >= 11 is 0. The Morgan fingerprint density at radius 3 is 2.80 bits per heavy atom. The van der Waals surface area contributed by atoms with Crippen LogP contribution in [0, 0.1) is 11.6 Å². The minimum atomic E-state index is -1.01. The molecule has 0 aliphatic heterocycles. The Morgan fingerprint density at radius 2 is 2.20 bits per heavy atom. The van der Waals surface area contributed by atoms with Crippen LogP contribution in [0.1, 0.15) is 16.2 Å². The zero-order valence-electron chi connectivity index (χ0n) is 11.0. The normalized spacial score (nSPS) is 10.4. The third kappa shape index (κ3) is 2.61. The van der Waals surface area contributed by atoms with Crippen LogP contribution >= 0.6 is 0 Å². The van der Waals surface area contributed by atoms with Gasteiger partial charge in [-0.1, -0.05) is 0 Å². The highest BCUT2D eigenvalue weighted by Gasteiger charge is 2.22. The summed E-state index contributed by atoms with van der Waals surface area (Å²) in [4.78, 5) is 20.2. The molecule has 5 nitrogen and oxygen atoms in total. The fourth-order valence-electron chi connectivity index (χ4n) is 1.77. The van der Waals surface area contributed by atoms with Crippen LogP contribution in [0.25, 0.3) is 0 Å². The highest BCUT2D eigenvalue weighted by Crippen LogP contribution is 2.25. The van der Waals surface area contributed by atoms with Crippen LogP contribution in [-0.4, -0.2) is 34.9 Å². The third-order valence-electron chi connectivity index (χ3n) is 2.77. The second kappa shape index (κ2) is 5.68. The van der Waals surface area contributed by atoms with Crippen LogP contribution in [-0.2, 0) is 6.54 Å². The third-order valence-corrected chi connectivity index (χ3v) is 2.77. The minimum absolute atomic E-state index is 0.185. The maximum absolute atomic E-state index is 14.0. The van der Waals surface area contributed by atoms with Gasteiger partial charge in [0.1, 0.15) is 5.82 Å². The molecule has 1 aromatic carbocycles. The van der Waals surface area contributed by atoms with E-state index < -0.39 is 23.3 Å². The Morgan fingerprint density at radius 1 is 1.45 bits per heavy atom. The van der Waals surface area contributed by atoms with Gasteiger partial charge in [0.15, 0.2) is 17.4 Å². The van der Waals surface area contributed by atoms with E-state index in [-0.39, 0.29) is 12.1 Å². The number of ether oxygens (including phenoxy) is 1. The van der Waals surface area contributed by atoms with E-state index in [1.165, 1.54) is 11.9 Å². The molecule has 7 heteroatoms. The number of benzene rings is 1. The Balaban J connectivity index is 2.25. The number of hydrogen-bond donors (Lipinski definition) is 1. The molecule has 1 N–H and O–H groups in total. The monoisotopic (exact) mass is 281 g/mol. The second-order valence-corrected chi connectivity index (χ2v) is 4.14. The molecule has 20 heavy (non-hydrogen) atoms. The highest BCUT2D eigenvalue weighted by molar-refractivity contribution is 5.94. The number of rotatable bonds is 4. The van der Waals surface area contributed by atoms with Crippen LogP contribution in [0.15, 0.2) is 24.5 Å². The number of methoxy groups -OCH3 is 1. The maximum atomic E-state index is 14.0. The molecule has 0 fully saturated rings. The lowest BCUT2D eigenvalue weighted by atomic mass is 10.1. The topological polar surface area (TPSA) is 58.2 Å². The number of H-pyrrole nitrogens is 1. The van der Waals surface area contributed by atoms with Crippen LogP contribution in [0.4, 0.5) is 8.78 Å². The summed E-state index contributed by atoms with van der Waals surface area (Å²) in [6, 6.07) is 2.09. The van der Waals surface area contributed by atoms with Crippen molar-refractivity contribution in [2.75, 3.05) is 14.2 Å². The van der Waals surface area contributed by atoms with Crippen molar-refractivity contribution in [1.82, 2.24) is 14.9 Å². The molecule has 0 atom stereocenters. The quantitative estimate of drug-likeness (QED) is 0.932. The summed E-state index contributed by atoms with van der Waals surface area (Å²) in [5.74, 6) is -2.45. The van der Waals surface area contributed by atoms with E-state index in [4.69, 9.17) is 0 Å². The largest absolute Gasteiger partial charge is 0.491 e. The number of hydrogen-bond acceptors (Lipinski definition) is 3. The molecule has 1 amide bonds. The van der Waals surface area contributed by atoms with E-state index in [0.29, 0.717) is 5.82 Å². The average Bonchev–Trinajstić information content (AvgIpc) is 2.91. The number of nitrogens with zero attached hydrogens (tertiary/aromatic N) is 2. The SMILES string of the molecule is COc1c(F)ccc(C(=O)N(C)Cc2ncc[nH]2)c1F. The first kappa shape index (κ1) is 14.0. The van der Waals surface area contributed by atoms with Crippen molar-refractivity contribution >= 4 is 5.91 Å². The molecular weight excluding hydrogens is 268 g/mol. The zero-order chi connectivity index (χ0) is 14.7. The van der Waals surface area contributed by atoms with E-state index in [2.05, 4.69) is 14.7 Å². The smallest absolute Gasteiger partial charge is 0.257 e. The summed E-state index contributed by atoms with van der Waals surface area (Å²) in [7, 11) is 2.64. The van der Waals surface area contributed by atoms with Gasteiger partial charge in [-0.25, -0.2) is 13.8 Å². The van der Waals surface area contributed by atoms with Crippen LogP contribution in [0.5, 0.6) is 5.75 Å². The molecule has 0 aliphatic rings. The number of aromatic nitrogens is 2. The first-order chi connectivity index (χ1) is 9.54. The minimum Gasteiger partial charge on any atom is -0.491 e. The van der Waals surface area contributed by atoms with Crippen molar-refractivity contribution in [3.05, 3.63) is 47.5 Å². The number of imidazole rings is 1. The summed E-state index contributed by atoms with van der Waals surface area (Å²) in [5.41, 5.74) is -0.252. The van der Waals surface area contributed by atoms with Crippen molar-refractivity contribution in [2.24, 2.45) is 0 Å². The summed E-state index contributed by atoms with van der Waals surface area (Å²) < 4.78 is 31.9. The number of carbonyl (C=O) groups excluding carboxylic acids is 1. The second-order valence-electron chi connectivity index (χ2n) is 4.14. The van der Waals surface area contributed by atoms with Gasteiger partial charge in [-0.05, 0) is 12.1 Å². The van der Waals surface area contributed by atoms with Gasteiger partial charge in [-0.2, -0.15) is 0 Å². The number of aromatic amines is 1. The van der Waals surface area contributed by atoms with Crippen molar-refractivity contribution in [2.45, 2.75) is 6.54 Å². The highest BCUT2D eigenvalue weighted by atomic mass is 19.1. The van der Waals surface area contributed by atoms with E-state index in [1.54, 1.807) is 12.4 Å². The van der Waals surface area contributed by atoms with Crippen molar-refractivity contribution in [1.29, 1.82) is 0 Å². The van der Waals surface area contributed by atoms with Crippen LogP contribution in [0.2, 0.25) is 0 Å². The fourth-order valence-corrected chi connectivity index (χ4v) is 1.77. The van der Waals surface area contributed by atoms with Gasteiger partial charge >= 0.3 is 0 Å². The molecule has 2 rings (SSSR count). The van der Waals surface area contributed by atoms with E-state index in [9.17, 15) is 13.6 Å². The molecular formula is C13H13F2N3O2. The molecule has 1 heterocycles. The summed E-state index contributed by atoms with van der Waals surface area (Å²) in [6.07, 6.45) is 3.17. The number of amides is 1. The predicted octanol–water partition coefficient (Wildman–Crippen LogP) is 1.97. The molecule has 0 unspecified atom stereocenters. The van der Waals surface area contributed by atoms with Gasteiger partial charge < -0.3 is 14.6 Å². The van der Waals surface area contributed by atoms with Crippen molar-refractivity contribution in [3.63, 3.8) is 0 Å². The maximum Gasteiger partial charge on any atom is 0.257 e. The Kier molecular flexibility index (Phi) is 3.97. The lowest BCUT2D eigenvalue weighted by Gasteiger charge is -2.17. The first-order valence-corrected chi connectivity index (χ1v) is 5.80. The van der Waals surface area contributed by atoms with Crippen molar-refractivity contribution < 1.29 is 18.3 Å². The molecule has 0 aliphatic carbocycles. The number of carbonyl (C=O) groups is 1. The standard InChI is InChI=1S/C13H13F2N3O2/c1-18(7-10-16-5-6-17-10)13(19)8-3-4-9(14)12(20-2)11(8)15/h3-6H,7H2,1-2H3,(H,16,17). The zero-order valence-corrected chi connectivity index (χ0v) is 11.0. The molecule has 0 saturated carbocycles. The molecule has 2 aromatic rings. The van der Waals surface area contributed by atoms with Gasteiger partial charge in [0.25, 0.3) is 5.91 Å². The predicted molar refractivity (Wildman–Crippen MR) is 67.3 cm³/mol. The van der Waals surface area contributed by atoms with Gasteiger partial charge in [-0.3, -0.25) is 4.79 Å². The lowest BCUT2D eigenvalue weighted by Crippen LogP contribution is -2.27. The Bertz CT molecular complexity index is 614. The number of nitrogens with one attached hydrogen (secondary N) is 1. The molecule has 106 valence electrons. The van der Waals surface area contributed by atoms with Gasteiger partial charge in [0, 0.05) is 19.4 Å². The average molecular weight is 281 g/mol. The molecule has 0 saturated heterocycles. The van der Waals surface area contributed by atoms with E-state index >= 15 is 0 Å². The van der Waals surface area contributed by atoms with Crippen molar-refractivity contribution in [3.8, 4) is 5.75 Å². The van der Waals surface area contributed by atoms with E-state index in [0.717, 1.165) is 19.2 Å². The van der Waals surface area contributed by atoms with Gasteiger partial charge in [0.2, 0.25) is 0 Å². The Labute approximate surface area is 114 Å². The molecule has 0 bridgehead atoms. The summed E-state index contributed by atoms with van der Waals surface area (Å²) in [6.45, 7) is 0.185. The first-order valence-electron chi connectivity index (χ1n) is 5.80. The number of halogens is 2.